The van der Waals surface area contributed by atoms with Gasteiger partial charge >= 0.3 is 0 Å². The van der Waals surface area contributed by atoms with E-state index in [2.05, 4.69) is 9.98 Å². The van der Waals surface area contributed by atoms with Gasteiger partial charge in [-0.05, 0) is 53.7 Å². The number of halogens is 1. The molecule has 1 aliphatic rings. The molecule has 4 rings (SSSR count). The number of carbonyl (C=O) groups excluding carboxylic acids is 1. The minimum absolute atomic E-state index is 0.138. The van der Waals surface area contributed by atoms with Crippen LogP contribution >= 0.6 is 23.4 Å². The van der Waals surface area contributed by atoms with Crippen molar-refractivity contribution in [2.75, 3.05) is 4.90 Å². The number of hydrogen-bond donors (Lipinski definition) is 0. The molecular formula is C21H14ClN3OS. The van der Waals surface area contributed by atoms with E-state index >= 15 is 0 Å². The summed E-state index contributed by atoms with van der Waals surface area (Å²) >= 11 is 7.56. The molecule has 1 fully saturated rings. The summed E-state index contributed by atoms with van der Waals surface area (Å²) in [5.74, 6) is 0.411. The molecule has 1 aliphatic heterocycles. The lowest BCUT2D eigenvalue weighted by Crippen LogP contribution is -2.28. The van der Waals surface area contributed by atoms with Gasteiger partial charge in [-0.2, -0.15) is 0 Å². The molecule has 1 saturated heterocycles. The molecule has 6 heteroatoms. The summed E-state index contributed by atoms with van der Waals surface area (Å²) in [6.07, 6.45) is 3.47. The lowest BCUT2D eigenvalue weighted by molar-refractivity contribution is -0.113. The molecule has 0 spiro atoms. The second kappa shape index (κ2) is 7.78. The summed E-state index contributed by atoms with van der Waals surface area (Å²) in [4.78, 5) is 24.1. The number of aliphatic imine (C=N–C) groups is 1. The highest BCUT2D eigenvalue weighted by Crippen LogP contribution is 2.37. The van der Waals surface area contributed by atoms with Crippen LogP contribution in [0.4, 0.5) is 11.5 Å². The van der Waals surface area contributed by atoms with E-state index in [0.29, 0.717) is 20.9 Å². The predicted molar refractivity (Wildman–Crippen MR) is 112 cm³/mol. The third kappa shape index (κ3) is 3.79. The summed E-state index contributed by atoms with van der Waals surface area (Å²) in [7, 11) is 0. The average molecular weight is 392 g/mol. The standard InChI is InChI=1S/C21H14ClN3OS/c22-17-11-5-4-8-15(17)14-18-20(26)25(16-9-2-1-3-10-16)21(27-18)24-19-12-6-7-13-23-19/h1-14H/b18-14-,24-21+. The van der Waals surface area contributed by atoms with Crippen LogP contribution in [0.15, 0.2) is 88.9 Å². The number of pyridine rings is 1. The summed E-state index contributed by atoms with van der Waals surface area (Å²) < 4.78 is 0. The Morgan fingerprint density at radius 3 is 2.44 bits per heavy atom. The lowest BCUT2D eigenvalue weighted by Gasteiger charge is -2.15. The normalized spacial score (nSPS) is 17.1. The van der Waals surface area contributed by atoms with E-state index in [1.54, 1.807) is 29.3 Å². The van der Waals surface area contributed by atoms with Crippen molar-refractivity contribution >= 4 is 52.0 Å². The van der Waals surface area contributed by atoms with Crippen molar-refractivity contribution in [2.45, 2.75) is 0 Å². The molecule has 1 aromatic heterocycles. The van der Waals surface area contributed by atoms with E-state index in [1.807, 2.05) is 60.7 Å². The van der Waals surface area contributed by atoms with Gasteiger partial charge in [-0.3, -0.25) is 9.69 Å². The number of amides is 1. The molecule has 0 bridgehead atoms. The molecule has 0 atom stereocenters. The Hall–Kier alpha value is -2.89. The highest BCUT2D eigenvalue weighted by molar-refractivity contribution is 8.19. The maximum absolute atomic E-state index is 13.1. The first-order valence-corrected chi connectivity index (χ1v) is 9.45. The number of nitrogens with zero attached hydrogens (tertiary/aromatic N) is 3. The monoisotopic (exact) mass is 391 g/mol. The Morgan fingerprint density at radius 1 is 0.963 bits per heavy atom. The van der Waals surface area contributed by atoms with Crippen LogP contribution < -0.4 is 4.90 Å². The van der Waals surface area contributed by atoms with E-state index in [4.69, 9.17) is 11.6 Å². The van der Waals surface area contributed by atoms with Crippen molar-refractivity contribution in [3.8, 4) is 0 Å². The zero-order valence-corrected chi connectivity index (χ0v) is 15.7. The van der Waals surface area contributed by atoms with Crippen molar-refractivity contribution < 1.29 is 4.79 Å². The molecule has 2 aromatic carbocycles. The molecule has 0 aliphatic carbocycles. The van der Waals surface area contributed by atoms with Crippen LogP contribution in [0.3, 0.4) is 0 Å². The van der Waals surface area contributed by atoms with Crippen molar-refractivity contribution in [1.82, 2.24) is 4.98 Å². The number of anilines is 1. The molecule has 132 valence electrons. The molecule has 2 heterocycles. The average Bonchev–Trinajstić information content (AvgIpc) is 3.00. The molecule has 3 aromatic rings. The number of aromatic nitrogens is 1. The van der Waals surface area contributed by atoms with E-state index in [0.717, 1.165) is 11.3 Å². The molecular weight excluding hydrogens is 378 g/mol. The van der Waals surface area contributed by atoms with Gasteiger partial charge in [0.15, 0.2) is 11.0 Å². The van der Waals surface area contributed by atoms with Crippen molar-refractivity contribution in [3.05, 3.63) is 94.5 Å². The second-order valence-electron chi connectivity index (χ2n) is 5.69. The van der Waals surface area contributed by atoms with Crippen LogP contribution in [0.25, 0.3) is 6.08 Å². The number of rotatable bonds is 3. The maximum atomic E-state index is 13.1. The van der Waals surface area contributed by atoms with Gasteiger partial charge in [0.05, 0.1) is 10.6 Å². The number of thioether (sulfide) groups is 1. The van der Waals surface area contributed by atoms with Gasteiger partial charge in [0.2, 0.25) is 0 Å². The Bertz CT molecular complexity index is 1040. The second-order valence-corrected chi connectivity index (χ2v) is 7.11. The van der Waals surface area contributed by atoms with E-state index in [-0.39, 0.29) is 5.91 Å². The number of benzene rings is 2. The van der Waals surface area contributed by atoms with Crippen molar-refractivity contribution in [2.24, 2.45) is 4.99 Å². The zero-order valence-electron chi connectivity index (χ0n) is 14.1. The third-order valence-electron chi connectivity index (χ3n) is 3.87. The summed E-state index contributed by atoms with van der Waals surface area (Å²) in [6, 6.07) is 22.4. The fourth-order valence-corrected chi connectivity index (χ4v) is 3.78. The van der Waals surface area contributed by atoms with E-state index in [9.17, 15) is 4.79 Å². The van der Waals surface area contributed by atoms with Gasteiger partial charge in [0.1, 0.15) is 0 Å². The van der Waals surface area contributed by atoms with Crippen LogP contribution in [0, 0.1) is 0 Å². The fraction of sp³-hybridized carbons (Fsp3) is 0. The Kier molecular flexibility index (Phi) is 5.05. The molecule has 0 saturated carbocycles. The number of carbonyl (C=O) groups is 1. The SMILES string of the molecule is O=C1/C(=C/c2ccccc2Cl)S/C(=N/c2ccccn2)N1c1ccccc1. The number of para-hydroxylation sites is 1. The van der Waals surface area contributed by atoms with Crippen molar-refractivity contribution in [3.63, 3.8) is 0 Å². The summed E-state index contributed by atoms with van der Waals surface area (Å²) in [6.45, 7) is 0. The van der Waals surface area contributed by atoms with Gasteiger partial charge in [-0.25, -0.2) is 9.98 Å². The van der Waals surface area contributed by atoms with Gasteiger partial charge in [-0.1, -0.05) is 54.1 Å². The first kappa shape index (κ1) is 17.5. The van der Waals surface area contributed by atoms with Crippen LogP contribution in [0.2, 0.25) is 5.02 Å². The van der Waals surface area contributed by atoms with Crippen LogP contribution in [-0.2, 0) is 4.79 Å². The summed E-state index contributed by atoms with van der Waals surface area (Å²) in [5.41, 5.74) is 1.55. The quantitative estimate of drug-likeness (QED) is 0.550. The Morgan fingerprint density at radius 2 is 1.70 bits per heavy atom. The molecule has 0 N–H and O–H groups in total. The first-order chi connectivity index (χ1) is 13.2. The minimum Gasteiger partial charge on any atom is -0.268 e. The molecule has 1 amide bonds. The van der Waals surface area contributed by atoms with E-state index < -0.39 is 0 Å². The third-order valence-corrected chi connectivity index (χ3v) is 5.19. The van der Waals surface area contributed by atoms with E-state index in [1.165, 1.54) is 11.8 Å². The highest BCUT2D eigenvalue weighted by atomic mass is 35.5. The smallest absolute Gasteiger partial charge is 0.268 e. The fourth-order valence-electron chi connectivity index (χ4n) is 2.60. The van der Waals surface area contributed by atoms with Crippen molar-refractivity contribution in [1.29, 1.82) is 0 Å². The van der Waals surface area contributed by atoms with Crippen LogP contribution in [0.1, 0.15) is 5.56 Å². The highest BCUT2D eigenvalue weighted by Gasteiger charge is 2.34. The van der Waals surface area contributed by atoms with Crippen LogP contribution in [0.5, 0.6) is 0 Å². The molecule has 27 heavy (non-hydrogen) atoms. The Labute approximate surface area is 166 Å². The first-order valence-electron chi connectivity index (χ1n) is 8.26. The van der Waals surface area contributed by atoms with Crippen LogP contribution in [-0.4, -0.2) is 16.1 Å². The maximum Gasteiger partial charge on any atom is 0.271 e. The number of hydrogen-bond acceptors (Lipinski definition) is 4. The molecule has 0 radical (unpaired) electrons. The van der Waals surface area contributed by atoms with Gasteiger partial charge in [0, 0.05) is 11.2 Å². The van der Waals surface area contributed by atoms with Gasteiger partial charge in [0.25, 0.3) is 5.91 Å². The lowest BCUT2D eigenvalue weighted by atomic mass is 10.2. The molecule has 0 unspecified atom stereocenters. The summed E-state index contributed by atoms with van der Waals surface area (Å²) in [5, 5.41) is 1.16. The topological polar surface area (TPSA) is 45.6 Å². The Balaban J connectivity index is 1.79. The zero-order chi connectivity index (χ0) is 18.6. The molecule has 4 nitrogen and oxygen atoms in total. The minimum atomic E-state index is -0.138. The van der Waals surface area contributed by atoms with Gasteiger partial charge < -0.3 is 0 Å². The van der Waals surface area contributed by atoms with Gasteiger partial charge in [-0.15, -0.1) is 0 Å². The largest absolute Gasteiger partial charge is 0.271 e. The number of amidine groups is 1. The predicted octanol–water partition coefficient (Wildman–Crippen LogP) is 5.54.